The summed E-state index contributed by atoms with van der Waals surface area (Å²) < 4.78 is 49.5. The smallest absolute Gasteiger partial charge is 0.416 e. The van der Waals surface area contributed by atoms with Gasteiger partial charge in [-0.2, -0.15) is 13.2 Å². The molecule has 0 aromatic heterocycles. The third kappa shape index (κ3) is 5.64. The van der Waals surface area contributed by atoms with Crippen LogP contribution >= 0.6 is 11.8 Å². The SMILES string of the molecule is COCCOc1ccc(C(F)(F)F)cc1NC(=O)c1cc(SC)ccc1C. The number of methoxy groups -OCH3 is 1. The average molecular weight is 399 g/mol. The number of anilines is 1. The second-order valence-corrected chi connectivity index (χ2v) is 6.56. The van der Waals surface area contributed by atoms with Crippen molar-refractivity contribution in [1.82, 2.24) is 0 Å². The highest BCUT2D eigenvalue weighted by atomic mass is 32.2. The van der Waals surface area contributed by atoms with Crippen molar-refractivity contribution in [3.63, 3.8) is 0 Å². The molecule has 8 heteroatoms. The number of nitrogens with one attached hydrogen (secondary N) is 1. The molecule has 0 unspecified atom stereocenters. The van der Waals surface area contributed by atoms with Gasteiger partial charge in [0.1, 0.15) is 12.4 Å². The number of carbonyl (C=O) groups is 1. The van der Waals surface area contributed by atoms with E-state index in [0.717, 1.165) is 22.6 Å². The van der Waals surface area contributed by atoms with Gasteiger partial charge in [-0.15, -0.1) is 11.8 Å². The van der Waals surface area contributed by atoms with Gasteiger partial charge in [0.05, 0.1) is 17.9 Å². The third-order valence-electron chi connectivity index (χ3n) is 3.79. The Morgan fingerprint density at radius 3 is 2.52 bits per heavy atom. The summed E-state index contributed by atoms with van der Waals surface area (Å²) in [5.74, 6) is -0.355. The standard InChI is InChI=1S/C19H20F3NO3S/c1-12-4-6-14(27-3)11-15(12)18(24)23-16-10-13(19(20,21)22)5-7-17(16)26-9-8-25-2/h4-7,10-11H,8-9H2,1-3H3,(H,23,24). The summed E-state index contributed by atoms with van der Waals surface area (Å²) in [6.45, 7) is 2.18. The Morgan fingerprint density at radius 2 is 1.89 bits per heavy atom. The number of halogens is 3. The molecule has 4 nitrogen and oxygen atoms in total. The molecule has 0 aliphatic heterocycles. The number of carbonyl (C=O) groups excluding carboxylic acids is 1. The molecule has 0 saturated carbocycles. The van der Waals surface area contributed by atoms with Gasteiger partial charge in [0.15, 0.2) is 0 Å². The highest BCUT2D eigenvalue weighted by molar-refractivity contribution is 7.98. The molecule has 0 bridgehead atoms. The molecule has 0 radical (unpaired) electrons. The van der Waals surface area contributed by atoms with Crippen LogP contribution in [0.2, 0.25) is 0 Å². The average Bonchev–Trinajstić information content (AvgIpc) is 2.62. The van der Waals surface area contributed by atoms with Crippen LogP contribution in [0.1, 0.15) is 21.5 Å². The summed E-state index contributed by atoms with van der Waals surface area (Å²) in [7, 11) is 1.49. The summed E-state index contributed by atoms with van der Waals surface area (Å²) in [5.41, 5.74) is 0.201. The van der Waals surface area contributed by atoms with Crippen LogP contribution in [0.25, 0.3) is 0 Å². The van der Waals surface area contributed by atoms with Crippen LogP contribution in [0, 0.1) is 6.92 Å². The molecule has 2 aromatic carbocycles. The second-order valence-electron chi connectivity index (χ2n) is 5.68. The van der Waals surface area contributed by atoms with Gasteiger partial charge in [0, 0.05) is 17.6 Å². The Labute approximate surface area is 160 Å². The number of ether oxygens (including phenoxy) is 2. The highest BCUT2D eigenvalue weighted by Gasteiger charge is 2.31. The molecule has 1 N–H and O–H groups in total. The molecule has 2 aromatic rings. The van der Waals surface area contributed by atoms with Crippen molar-refractivity contribution in [2.24, 2.45) is 0 Å². The molecule has 27 heavy (non-hydrogen) atoms. The van der Waals surface area contributed by atoms with E-state index in [1.54, 1.807) is 19.1 Å². The molecule has 1 amide bonds. The fourth-order valence-electron chi connectivity index (χ4n) is 2.33. The lowest BCUT2D eigenvalue weighted by Crippen LogP contribution is -2.16. The van der Waals surface area contributed by atoms with Crippen LogP contribution in [0.5, 0.6) is 5.75 Å². The Kier molecular flexibility index (Phi) is 7.15. The number of amides is 1. The lowest BCUT2D eigenvalue weighted by Gasteiger charge is -2.16. The number of benzene rings is 2. The molecular formula is C19H20F3NO3S. The van der Waals surface area contributed by atoms with E-state index in [0.29, 0.717) is 5.56 Å². The maximum atomic E-state index is 13.1. The first kappa shape index (κ1) is 21.1. The summed E-state index contributed by atoms with van der Waals surface area (Å²) in [4.78, 5) is 13.5. The van der Waals surface area contributed by atoms with Gasteiger partial charge in [-0.1, -0.05) is 6.07 Å². The number of hydrogen-bond donors (Lipinski definition) is 1. The van der Waals surface area contributed by atoms with Crippen LogP contribution in [0.15, 0.2) is 41.3 Å². The van der Waals surface area contributed by atoms with E-state index in [2.05, 4.69) is 5.32 Å². The number of hydrogen-bond acceptors (Lipinski definition) is 4. The van der Waals surface area contributed by atoms with Gasteiger partial charge in [-0.05, 0) is 49.1 Å². The molecule has 0 aliphatic carbocycles. The van der Waals surface area contributed by atoms with E-state index in [9.17, 15) is 18.0 Å². The zero-order valence-electron chi connectivity index (χ0n) is 15.1. The zero-order valence-corrected chi connectivity index (χ0v) is 16.0. The molecule has 2 rings (SSSR count). The Hall–Kier alpha value is -2.19. The Bertz CT molecular complexity index is 809. The quantitative estimate of drug-likeness (QED) is 0.525. The highest BCUT2D eigenvalue weighted by Crippen LogP contribution is 2.35. The fourth-order valence-corrected chi connectivity index (χ4v) is 2.77. The van der Waals surface area contributed by atoms with E-state index in [-0.39, 0.29) is 24.7 Å². The maximum absolute atomic E-state index is 13.1. The van der Waals surface area contributed by atoms with Crippen molar-refractivity contribution in [3.05, 3.63) is 53.1 Å². The minimum absolute atomic E-state index is 0.0418. The molecule has 0 atom stereocenters. The van der Waals surface area contributed by atoms with Crippen molar-refractivity contribution < 1.29 is 27.4 Å². The summed E-state index contributed by atoms with van der Waals surface area (Å²) in [6.07, 6.45) is -2.65. The van der Waals surface area contributed by atoms with Crippen molar-refractivity contribution in [2.75, 3.05) is 31.9 Å². The number of rotatable bonds is 7. The molecule has 0 aliphatic rings. The first-order chi connectivity index (χ1) is 12.8. The Morgan fingerprint density at radius 1 is 1.15 bits per heavy atom. The van der Waals surface area contributed by atoms with E-state index >= 15 is 0 Å². The van der Waals surface area contributed by atoms with E-state index in [1.165, 1.54) is 24.9 Å². The third-order valence-corrected chi connectivity index (χ3v) is 4.51. The predicted octanol–water partition coefficient (Wildman–Crippen LogP) is 5.01. The number of aryl methyl sites for hydroxylation is 1. The summed E-state index contributed by atoms with van der Waals surface area (Å²) >= 11 is 1.47. The first-order valence-electron chi connectivity index (χ1n) is 8.05. The van der Waals surface area contributed by atoms with Gasteiger partial charge in [-0.25, -0.2) is 0 Å². The van der Waals surface area contributed by atoms with Gasteiger partial charge in [-0.3, -0.25) is 4.79 Å². The maximum Gasteiger partial charge on any atom is 0.416 e. The van der Waals surface area contributed by atoms with Gasteiger partial charge in [0.25, 0.3) is 5.91 Å². The van der Waals surface area contributed by atoms with E-state index < -0.39 is 17.6 Å². The number of thioether (sulfide) groups is 1. The van der Waals surface area contributed by atoms with Crippen LogP contribution < -0.4 is 10.1 Å². The predicted molar refractivity (Wildman–Crippen MR) is 99.7 cm³/mol. The summed E-state index contributed by atoms with van der Waals surface area (Å²) in [6, 6.07) is 8.35. The van der Waals surface area contributed by atoms with Crippen molar-refractivity contribution >= 4 is 23.4 Å². The molecular weight excluding hydrogens is 379 g/mol. The van der Waals surface area contributed by atoms with Crippen LogP contribution in [-0.4, -0.2) is 32.5 Å². The summed E-state index contributed by atoms with van der Waals surface area (Å²) in [5, 5.41) is 2.54. The number of alkyl halides is 3. The van der Waals surface area contributed by atoms with Crippen LogP contribution in [0.3, 0.4) is 0 Å². The van der Waals surface area contributed by atoms with Crippen LogP contribution in [0.4, 0.5) is 18.9 Å². The van der Waals surface area contributed by atoms with Gasteiger partial charge >= 0.3 is 6.18 Å². The molecule has 0 spiro atoms. The van der Waals surface area contributed by atoms with Crippen molar-refractivity contribution in [2.45, 2.75) is 18.0 Å². The molecule has 0 heterocycles. The molecule has 0 fully saturated rings. The minimum Gasteiger partial charge on any atom is -0.489 e. The largest absolute Gasteiger partial charge is 0.489 e. The Balaban J connectivity index is 2.35. The lowest BCUT2D eigenvalue weighted by atomic mass is 10.1. The molecule has 146 valence electrons. The van der Waals surface area contributed by atoms with Crippen molar-refractivity contribution in [3.8, 4) is 5.75 Å². The second kappa shape index (κ2) is 9.14. The fraction of sp³-hybridized carbons (Fsp3) is 0.316. The van der Waals surface area contributed by atoms with E-state index in [4.69, 9.17) is 9.47 Å². The minimum atomic E-state index is -4.53. The van der Waals surface area contributed by atoms with E-state index in [1.807, 2.05) is 12.3 Å². The molecule has 0 saturated heterocycles. The van der Waals surface area contributed by atoms with Gasteiger partial charge in [0.2, 0.25) is 0 Å². The normalized spacial score (nSPS) is 11.3. The lowest BCUT2D eigenvalue weighted by molar-refractivity contribution is -0.137. The van der Waals surface area contributed by atoms with Crippen LogP contribution in [-0.2, 0) is 10.9 Å². The first-order valence-corrected chi connectivity index (χ1v) is 9.27. The van der Waals surface area contributed by atoms with Crippen molar-refractivity contribution in [1.29, 1.82) is 0 Å². The monoisotopic (exact) mass is 399 g/mol. The zero-order chi connectivity index (χ0) is 20.0. The topological polar surface area (TPSA) is 47.6 Å². The van der Waals surface area contributed by atoms with Gasteiger partial charge < -0.3 is 14.8 Å².